The van der Waals surface area contributed by atoms with Gasteiger partial charge in [0.1, 0.15) is 7.11 Å². The fourth-order valence-corrected chi connectivity index (χ4v) is 1.91. The third-order valence-electron chi connectivity index (χ3n) is 2.82. The lowest BCUT2D eigenvalue weighted by atomic mass is 10.1. The second-order valence-corrected chi connectivity index (χ2v) is 4.03. The van der Waals surface area contributed by atoms with Gasteiger partial charge in [0.15, 0.2) is 11.0 Å². The van der Waals surface area contributed by atoms with Gasteiger partial charge >= 0.3 is 0 Å². The molecule has 2 heterocycles. The van der Waals surface area contributed by atoms with Gasteiger partial charge in [-0.15, -0.1) is 0 Å². The molecule has 8 heteroatoms. The van der Waals surface area contributed by atoms with Crippen LogP contribution < -0.4 is 11.0 Å². The molecule has 0 aliphatic rings. The zero-order valence-electron chi connectivity index (χ0n) is 10.4. The van der Waals surface area contributed by atoms with Crippen molar-refractivity contribution in [2.24, 2.45) is 5.16 Å². The number of aromatic amines is 2. The Morgan fingerprint density at radius 3 is 2.85 bits per heavy atom. The highest BCUT2D eigenvalue weighted by Crippen LogP contribution is 2.09. The van der Waals surface area contributed by atoms with E-state index in [0.717, 1.165) is 0 Å². The van der Waals surface area contributed by atoms with E-state index in [9.17, 15) is 9.59 Å². The minimum atomic E-state index is -0.485. The molecule has 2 aromatic heterocycles. The Morgan fingerprint density at radius 1 is 1.25 bits per heavy atom. The summed E-state index contributed by atoms with van der Waals surface area (Å²) in [5.41, 5.74) is 0.226. The predicted octanol–water partition coefficient (Wildman–Crippen LogP) is 0.140. The maximum atomic E-state index is 12.3. The highest BCUT2D eigenvalue weighted by Gasteiger charge is 2.09. The monoisotopic (exact) mass is 271 g/mol. The third kappa shape index (κ3) is 1.83. The standard InChI is InChI=1S/C12H9N5O3/c1-20-13-5-6-2-3-7-8(4-6)14-12(19)10-9(11(7)18)15-17-16-10/h2-5H,1H3,(H,14,19)(H,15,16,17). The number of nitrogens with zero attached hydrogens (tertiary/aromatic N) is 3. The van der Waals surface area contributed by atoms with E-state index in [1.807, 2.05) is 0 Å². The van der Waals surface area contributed by atoms with Crippen LogP contribution in [0.25, 0.3) is 21.9 Å². The Kier molecular flexibility index (Phi) is 2.75. The van der Waals surface area contributed by atoms with E-state index < -0.39 is 5.56 Å². The van der Waals surface area contributed by atoms with Crippen LogP contribution in [0.1, 0.15) is 5.56 Å². The molecule has 0 atom stereocenters. The topological polar surface area (TPSA) is 113 Å². The molecule has 3 rings (SSSR count). The highest BCUT2D eigenvalue weighted by atomic mass is 16.6. The molecule has 0 unspecified atom stereocenters. The van der Waals surface area contributed by atoms with Gasteiger partial charge in [-0.1, -0.05) is 11.2 Å². The minimum Gasteiger partial charge on any atom is -0.399 e. The van der Waals surface area contributed by atoms with E-state index in [0.29, 0.717) is 16.5 Å². The number of H-pyrrole nitrogens is 2. The summed E-state index contributed by atoms with van der Waals surface area (Å²) >= 11 is 0. The molecule has 0 saturated heterocycles. The summed E-state index contributed by atoms with van der Waals surface area (Å²) in [7, 11) is 1.43. The van der Waals surface area contributed by atoms with E-state index in [1.54, 1.807) is 18.2 Å². The maximum absolute atomic E-state index is 12.3. The van der Waals surface area contributed by atoms with Crippen molar-refractivity contribution in [3.63, 3.8) is 0 Å². The normalized spacial score (nSPS) is 11.4. The van der Waals surface area contributed by atoms with Gasteiger partial charge in [0.2, 0.25) is 5.43 Å². The molecule has 0 amide bonds. The molecule has 100 valence electrons. The summed E-state index contributed by atoms with van der Waals surface area (Å²) in [5.74, 6) is 0. The van der Waals surface area contributed by atoms with Gasteiger partial charge in [-0.25, -0.2) is 0 Å². The molecule has 0 aliphatic carbocycles. The number of nitrogens with one attached hydrogen (secondary N) is 2. The van der Waals surface area contributed by atoms with E-state index in [2.05, 4.69) is 30.4 Å². The number of rotatable bonds is 2. The van der Waals surface area contributed by atoms with Crippen molar-refractivity contribution in [2.45, 2.75) is 0 Å². The highest BCUT2D eigenvalue weighted by molar-refractivity contribution is 5.91. The van der Waals surface area contributed by atoms with E-state index in [1.165, 1.54) is 13.3 Å². The Bertz CT molecular complexity index is 941. The van der Waals surface area contributed by atoms with Crippen molar-refractivity contribution in [3.05, 3.63) is 44.3 Å². The lowest BCUT2D eigenvalue weighted by Crippen LogP contribution is -2.02. The first-order chi connectivity index (χ1) is 9.70. The van der Waals surface area contributed by atoms with E-state index >= 15 is 0 Å². The summed E-state index contributed by atoms with van der Waals surface area (Å²) in [6.45, 7) is 0. The van der Waals surface area contributed by atoms with Crippen molar-refractivity contribution in [2.75, 3.05) is 7.11 Å². The number of benzene rings is 1. The molecule has 2 N–H and O–H groups in total. The number of fused-ring (bicyclic) bond motifs is 2. The summed E-state index contributed by atoms with van der Waals surface area (Å²) in [5, 5.41) is 13.7. The summed E-state index contributed by atoms with van der Waals surface area (Å²) < 4.78 is 0. The lowest BCUT2D eigenvalue weighted by Gasteiger charge is -1.94. The molecule has 0 aliphatic heterocycles. The van der Waals surface area contributed by atoms with Gasteiger partial charge in [0.25, 0.3) is 5.56 Å². The molecule has 1 aromatic carbocycles. The van der Waals surface area contributed by atoms with Gasteiger partial charge in [-0.05, 0) is 17.7 Å². The molecule has 20 heavy (non-hydrogen) atoms. The summed E-state index contributed by atoms with van der Waals surface area (Å²) in [4.78, 5) is 31.5. The number of hydrogen-bond acceptors (Lipinski definition) is 6. The van der Waals surface area contributed by atoms with E-state index in [-0.39, 0.29) is 16.5 Å². The second kappa shape index (κ2) is 4.57. The van der Waals surface area contributed by atoms with Crippen LogP contribution >= 0.6 is 0 Å². The fourth-order valence-electron chi connectivity index (χ4n) is 1.91. The van der Waals surface area contributed by atoms with Crippen molar-refractivity contribution in [1.82, 2.24) is 20.4 Å². The molecule has 0 saturated carbocycles. The molecular weight excluding hydrogens is 262 g/mol. The van der Waals surface area contributed by atoms with Crippen LogP contribution in [0.3, 0.4) is 0 Å². The van der Waals surface area contributed by atoms with Crippen LogP contribution in [0, 0.1) is 0 Å². The zero-order chi connectivity index (χ0) is 14.1. The van der Waals surface area contributed by atoms with Crippen molar-refractivity contribution < 1.29 is 4.84 Å². The van der Waals surface area contributed by atoms with Gasteiger partial charge in [-0.2, -0.15) is 15.4 Å². The van der Waals surface area contributed by atoms with Gasteiger partial charge in [0.05, 0.1) is 11.7 Å². The first-order valence-corrected chi connectivity index (χ1v) is 5.68. The Morgan fingerprint density at radius 2 is 2.05 bits per heavy atom. The number of oxime groups is 1. The largest absolute Gasteiger partial charge is 0.399 e. The van der Waals surface area contributed by atoms with Gasteiger partial charge in [0, 0.05) is 5.39 Å². The Balaban J connectivity index is 2.43. The smallest absolute Gasteiger partial charge is 0.278 e. The predicted molar refractivity (Wildman–Crippen MR) is 72.9 cm³/mol. The van der Waals surface area contributed by atoms with Crippen LogP contribution in [-0.4, -0.2) is 33.7 Å². The quantitative estimate of drug-likeness (QED) is 0.508. The Hall–Kier alpha value is -3.03. The third-order valence-corrected chi connectivity index (χ3v) is 2.82. The number of hydrogen-bond donors (Lipinski definition) is 2. The number of aromatic nitrogens is 4. The average Bonchev–Trinajstić information content (AvgIpc) is 2.90. The molecule has 0 bridgehead atoms. The molecule has 0 radical (unpaired) electrons. The molecule has 8 nitrogen and oxygen atoms in total. The van der Waals surface area contributed by atoms with Crippen LogP contribution in [0.4, 0.5) is 0 Å². The first kappa shape index (κ1) is 12.0. The Labute approximate surface area is 111 Å². The minimum absolute atomic E-state index is 0.0135. The maximum Gasteiger partial charge on any atom is 0.278 e. The van der Waals surface area contributed by atoms with E-state index in [4.69, 9.17) is 0 Å². The van der Waals surface area contributed by atoms with Crippen molar-refractivity contribution >= 4 is 28.2 Å². The summed E-state index contributed by atoms with van der Waals surface area (Å²) in [6, 6.07) is 4.92. The van der Waals surface area contributed by atoms with Crippen LogP contribution in [0.2, 0.25) is 0 Å². The SMILES string of the molecule is CON=Cc1ccc2c(=O)c3n[nH]nc3c(=O)[nH]c2c1. The molecule has 3 aromatic rings. The average molecular weight is 271 g/mol. The lowest BCUT2D eigenvalue weighted by molar-refractivity contribution is 0.215. The van der Waals surface area contributed by atoms with Crippen LogP contribution in [0.5, 0.6) is 0 Å². The fraction of sp³-hybridized carbons (Fsp3) is 0.0833. The van der Waals surface area contributed by atoms with Gasteiger partial charge in [-0.3, -0.25) is 9.59 Å². The molecule has 0 fully saturated rings. The first-order valence-electron chi connectivity index (χ1n) is 5.68. The zero-order valence-corrected chi connectivity index (χ0v) is 10.4. The molecular formula is C12H9N5O3. The second-order valence-electron chi connectivity index (χ2n) is 4.03. The van der Waals surface area contributed by atoms with Crippen molar-refractivity contribution in [1.29, 1.82) is 0 Å². The summed E-state index contributed by atoms with van der Waals surface area (Å²) in [6.07, 6.45) is 1.47. The van der Waals surface area contributed by atoms with Gasteiger partial charge < -0.3 is 9.82 Å². The van der Waals surface area contributed by atoms with Crippen molar-refractivity contribution in [3.8, 4) is 0 Å². The van der Waals surface area contributed by atoms with Crippen LogP contribution in [0.15, 0.2) is 32.9 Å². The van der Waals surface area contributed by atoms with Crippen LogP contribution in [-0.2, 0) is 4.84 Å². The molecule has 0 spiro atoms.